The maximum Gasteiger partial charge on any atom is 0.422 e. The van der Waals surface area contributed by atoms with Gasteiger partial charge < -0.3 is 15.4 Å². The highest BCUT2D eigenvalue weighted by Crippen LogP contribution is 2.27. The van der Waals surface area contributed by atoms with Gasteiger partial charge in [-0.15, -0.1) is 0 Å². The number of nitrogens with one attached hydrogen (secondary N) is 2. The summed E-state index contributed by atoms with van der Waals surface area (Å²) in [4.78, 5) is 0. The van der Waals surface area contributed by atoms with Gasteiger partial charge in [-0.2, -0.15) is 13.2 Å². The number of ether oxygens (including phenoxy) is 1. The highest BCUT2D eigenvalue weighted by molar-refractivity contribution is 5.36. The van der Waals surface area contributed by atoms with Gasteiger partial charge in [0.05, 0.1) is 0 Å². The first kappa shape index (κ1) is 13.2. The number of benzene rings is 1. The second-order valence-electron chi connectivity index (χ2n) is 4.15. The first-order valence-corrected chi connectivity index (χ1v) is 5.79. The van der Waals surface area contributed by atoms with E-state index in [0.717, 1.165) is 18.7 Å². The lowest BCUT2D eigenvalue weighted by molar-refractivity contribution is -0.153. The van der Waals surface area contributed by atoms with Crippen molar-refractivity contribution in [2.75, 3.05) is 26.2 Å². The number of halogens is 3. The Morgan fingerprint density at radius 2 is 2.00 bits per heavy atom. The zero-order valence-corrected chi connectivity index (χ0v) is 9.76. The minimum atomic E-state index is -4.31. The fourth-order valence-corrected chi connectivity index (χ4v) is 1.93. The number of alkyl halides is 3. The van der Waals surface area contributed by atoms with Gasteiger partial charge in [-0.25, -0.2) is 0 Å². The van der Waals surface area contributed by atoms with Crippen LogP contribution in [0.3, 0.4) is 0 Å². The number of para-hydroxylation sites is 1. The van der Waals surface area contributed by atoms with Crippen LogP contribution < -0.4 is 15.4 Å². The van der Waals surface area contributed by atoms with Crippen molar-refractivity contribution in [3.63, 3.8) is 0 Å². The molecule has 0 saturated carbocycles. The Kier molecular flexibility index (Phi) is 4.08. The molecule has 1 atom stereocenters. The third-order valence-electron chi connectivity index (χ3n) is 2.73. The SMILES string of the molecule is FC(F)(F)COc1ccccc1C1CNCCN1. The van der Waals surface area contributed by atoms with Crippen LogP contribution in [0.1, 0.15) is 11.6 Å². The topological polar surface area (TPSA) is 33.3 Å². The molecule has 0 aromatic heterocycles. The van der Waals surface area contributed by atoms with Crippen molar-refractivity contribution in [1.29, 1.82) is 0 Å². The number of hydrogen-bond donors (Lipinski definition) is 2. The van der Waals surface area contributed by atoms with Crippen molar-refractivity contribution in [3.05, 3.63) is 29.8 Å². The van der Waals surface area contributed by atoms with Gasteiger partial charge in [-0.3, -0.25) is 0 Å². The van der Waals surface area contributed by atoms with E-state index in [4.69, 9.17) is 4.74 Å². The van der Waals surface area contributed by atoms with E-state index in [1.54, 1.807) is 24.3 Å². The highest BCUT2D eigenvalue weighted by atomic mass is 19.4. The number of piperazine rings is 1. The molecule has 6 heteroatoms. The quantitative estimate of drug-likeness (QED) is 0.870. The van der Waals surface area contributed by atoms with Crippen LogP contribution in [-0.4, -0.2) is 32.4 Å². The highest BCUT2D eigenvalue weighted by Gasteiger charge is 2.29. The molecule has 1 aromatic rings. The molecule has 1 saturated heterocycles. The first-order valence-electron chi connectivity index (χ1n) is 5.79. The van der Waals surface area contributed by atoms with Gasteiger partial charge in [-0.05, 0) is 6.07 Å². The van der Waals surface area contributed by atoms with Gasteiger partial charge >= 0.3 is 6.18 Å². The van der Waals surface area contributed by atoms with E-state index >= 15 is 0 Å². The van der Waals surface area contributed by atoms with E-state index in [1.807, 2.05) is 0 Å². The predicted molar refractivity (Wildman–Crippen MR) is 61.6 cm³/mol. The molecule has 1 aromatic carbocycles. The summed E-state index contributed by atoms with van der Waals surface area (Å²) in [5.41, 5.74) is 0.758. The molecule has 0 spiro atoms. The summed E-state index contributed by atoms with van der Waals surface area (Å²) in [6.45, 7) is 1.08. The van der Waals surface area contributed by atoms with Crippen LogP contribution in [0, 0.1) is 0 Å². The van der Waals surface area contributed by atoms with E-state index < -0.39 is 12.8 Å². The van der Waals surface area contributed by atoms with Crippen molar-refractivity contribution in [2.45, 2.75) is 12.2 Å². The maximum atomic E-state index is 12.2. The second kappa shape index (κ2) is 5.58. The Labute approximate surface area is 103 Å². The summed E-state index contributed by atoms with van der Waals surface area (Å²) in [7, 11) is 0. The van der Waals surface area contributed by atoms with Crippen LogP contribution in [0.15, 0.2) is 24.3 Å². The van der Waals surface area contributed by atoms with Crippen LogP contribution in [0.4, 0.5) is 13.2 Å². The number of rotatable bonds is 3. The van der Waals surface area contributed by atoms with Crippen molar-refractivity contribution in [1.82, 2.24) is 10.6 Å². The van der Waals surface area contributed by atoms with Crippen molar-refractivity contribution in [3.8, 4) is 5.75 Å². The van der Waals surface area contributed by atoms with Gasteiger partial charge in [0, 0.05) is 31.2 Å². The summed E-state index contributed by atoms with van der Waals surface area (Å²) in [6, 6.07) is 6.81. The molecule has 1 aliphatic heterocycles. The third-order valence-corrected chi connectivity index (χ3v) is 2.73. The van der Waals surface area contributed by atoms with Gasteiger partial charge in [0.25, 0.3) is 0 Å². The van der Waals surface area contributed by atoms with Gasteiger partial charge in [0.15, 0.2) is 6.61 Å². The fraction of sp³-hybridized carbons (Fsp3) is 0.500. The van der Waals surface area contributed by atoms with Crippen LogP contribution in [0.2, 0.25) is 0 Å². The van der Waals surface area contributed by atoms with Crippen molar-refractivity contribution >= 4 is 0 Å². The largest absolute Gasteiger partial charge is 0.484 e. The molecule has 0 bridgehead atoms. The lowest BCUT2D eigenvalue weighted by Crippen LogP contribution is -2.42. The van der Waals surface area contributed by atoms with Crippen LogP contribution in [0.5, 0.6) is 5.75 Å². The molecule has 1 aliphatic rings. The van der Waals surface area contributed by atoms with Crippen molar-refractivity contribution in [2.24, 2.45) is 0 Å². The van der Waals surface area contributed by atoms with Crippen LogP contribution in [0.25, 0.3) is 0 Å². The van der Waals surface area contributed by atoms with Gasteiger partial charge in [-0.1, -0.05) is 18.2 Å². The van der Waals surface area contributed by atoms with Crippen LogP contribution in [-0.2, 0) is 0 Å². The second-order valence-corrected chi connectivity index (χ2v) is 4.15. The molecule has 0 radical (unpaired) electrons. The Hall–Kier alpha value is -1.27. The molecule has 2 N–H and O–H groups in total. The van der Waals surface area contributed by atoms with E-state index in [2.05, 4.69) is 10.6 Å². The molecule has 18 heavy (non-hydrogen) atoms. The van der Waals surface area contributed by atoms with Crippen LogP contribution >= 0.6 is 0 Å². The average molecular weight is 260 g/mol. The van der Waals surface area contributed by atoms with E-state index in [1.165, 1.54) is 0 Å². The van der Waals surface area contributed by atoms with Gasteiger partial charge in [0.2, 0.25) is 0 Å². The Bertz CT molecular complexity index is 389. The Balaban J connectivity index is 2.09. The third kappa shape index (κ3) is 3.61. The lowest BCUT2D eigenvalue weighted by Gasteiger charge is -2.26. The molecular formula is C12H15F3N2O. The molecule has 0 amide bonds. The molecule has 0 aliphatic carbocycles. The molecule has 3 nitrogen and oxygen atoms in total. The smallest absolute Gasteiger partial charge is 0.422 e. The molecule has 1 unspecified atom stereocenters. The zero-order valence-electron chi connectivity index (χ0n) is 9.76. The number of hydrogen-bond acceptors (Lipinski definition) is 3. The van der Waals surface area contributed by atoms with Gasteiger partial charge in [0.1, 0.15) is 5.75 Å². The summed E-state index contributed by atoms with van der Waals surface area (Å²) in [6.07, 6.45) is -4.31. The summed E-state index contributed by atoms with van der Waals surface area (Å²) >= 11 is 0. The Morgan fingerprint density at radius 1 is 1.22 bits per heavy atom. The standard InChI is InChI=1S/C12H15F3N2O/c13-12(14,15)8-18-11-4-2-1-3-9(11)10-7-16-5-6-17-10/h1-4,10,16-17H,5-8H2. The summed E-state index contributed by atoms with van der Waals surface area (Å²) in [5, 5.41) is 6.44. The van der Waals surface area contributed by atoms with Crippen molar-refractivity contribution < 1.29 is 17.9 Å². The summed E-state index contributed by atoms with van der Waals surface area (Å²) < 4.78 is 41.3. The lowest BCUT2D eigenvalue weighted by atomic mass is 10.0. The molecule has 100 valence electrons. The average Bonchev–Trinajstić information content (AvgIpc) is 2.37. The molecule has 1 heterocycles. The minimum Gasteiger partial charge on any atom is -0.484 e. The maximum absolute atomic E-state index is 12.2. The molecule has 2 rings (SSSR count). The van der Waals surface area contributed by atoms with E-state index in [0.29, 0.717) is 6.54 Å². The summed E-state index contributed by atoms with van der Waals surface area (Å²) in [5.74, 6) is 0.288. The predicted octanol–water partition coefficient (Wildman–Crippen LogP) is 1.86. The zero-order chi connectivity index (χ0) is 13.0. The molecule has 1 fully saturated rings. The van der Waals surface area contributed by atoms with E-state index in [9.17, 15) is 13.2 Å². The Morgan fingerprint density at radius 3 is 2.67 bits per heavy atom. The molecular weight excluding hydrogens is 245 g/mol. The minimum absolute atomic E-state index is 0.0109. The monoisotopic (exact) mass is 260 g/mol. The normalized spacial score (nSPS) is 20.7. The van der Waals surface area contributed by atoms with E-state index in [-0.39, 0.29) is 11.8 Å². The first-order chi connectivity index (χ1) is 8.56. The fourth-order valence-electron chi connectivity index (χ4n) is 1.93.